The van der Waals surface area contributed by atoms with Crippen molar-refractivity contribution in [2.75, 3.05) is 0 Å². The first-order chi connectivity index (χ1) is 24.2. The molecule has 0 saturated carbocycles. The molecule has 5 heterocycles. The summed E-state index contributed by atoms with van der Waals surface area (Å²) in [6, 6.07) is 46.5. The van der Waals surface area contributed by atoms with Crippen molar-refractivity contribution < 1.29 is 0 Å². The number of para-hydroxylation sites is 4. The summed E-state index contributed by atoms with van der Waals surface area (Å²) in [5, 5.41) is 5.70. The second-order valence-corrected chi connectivity index (χ2v) is 12.6. The summed E-state index contributed by atoms with van der Waals surface area (Å²) in [4.78, 5) is 25.0. The largest absolute Gasteiger partial charge is 0.309 e. The van der Waals surface area contributed by atoms with Gasteiger partial charge in [-0.25, -0.2) is 24.9 Å². The van der Waals surface area contributed by atoms with Crippen molar-refractivity contribution in [1.82, 2.24) is 33.9 Å². The number of hydrogen-bond donors (Lipinski definition) is 0. The third-order valence-electron chi connectivity index (χ3n) is 9.73. The Labute approximate surface area is 279 Å². The molecule has 0 fully saturated rings. The molecule has 11 rings (SSSR count). The highest BCUT2D eigenvalue weighted by atomic mass is 15.0. The average molecular weight is 628 g/mol. The maximum Gasteiger partial charge on any atom is 0.165 e. The van der Waals surface area contributed by atoms with E-state index < -0.39 is 0 Å². The van der Waals surface area contributed by atoms with Crippen LogP contribution in [-0.4, -0.2) is 33.9 Å². The summed E-state index contributed by atoms with van der Waals surface area (Å²) in [5.41, 5.74) is 10.9. The predicted molar refractivity (Wildman–Crippen MR) is 198 cm³/mol. The van der Waals surface area contributed by atoms with Crippen LogP contribution in [0.1, 0.15) is 5.82 Å². The fourth-order valence-corrected chi connectivity index (χ4v) is 7.65. The van der Waals surface area contributed by atoms with Gasteiger partial charge in [-0.2, -0.15) is 0 Å². The lowest BCUT2D eigenvalue weighted by molar-refractivity contribution is 0.992. The molecule has 0 aliphatic carbocycles. The highest BCUT2D eigenvalue weighted by Crippen LogP contribution is 2.44. The van der Waals surface area contributed by atoms with E-state index in [1.165, 1.54) is 16.3 Å². The van der Waals surface area contributed by atoms with Crippen molar-refractivity contribution in [3.8, 4) is 28.5 Å². The second-order valence-electron chi connectivity index (χ2n) is 12.6. The van der Waals surface area contributed by atoms with E-state index in [0.29, 0.717) is 17.5 Å². The zero-order valence-electron chi connectivity index (χ0n) is 26.3. The van der Waals surface area contributed by atoms with Gasteiger partial charge in [-0.1, -0.05) is 78.9 Å². The summed E-state index contributed by atoms with van der Waals surface area (Å²) in [7, 11) is 0. The normalized spacial score (nSPS) is 12.2. The fraction of sp³-hybridized carbons (Fsp3) is 0.0238. The Kier molecular flexibility index (Phi) is 5.19. The van der Waals surface area contributed by atoms with E-state index in [-0.39, 0.29) is 0 Å². The van der Waals surface area contributed by atoms with Crippen molar-refractivity contribution >= 4 is 71.2 Å². The highest BCUT2D eigenvalue weighted by molar-refractivity contribution is 6.26. The molecule has 0 radical (unpaired) electrons. The van der Waals surface area contributed by atoms with E-state index >= 15 is 0 Å². The molecule has 0 atom stereocenters. The van der Waals surface area contributed by atoms with Crippen molar-refractivity contribution in [3.05, 3.63) is 139 Å². The standard InChI is InChI=1S/C42H25N7/c1-24-43-40(25-12-4-2-5-13-25)47-41(44-24)26-20-31-30-22-29-28-16-8-11-19-35(28)48(27-14-6-3-7-15-27)36(29)23-37(30)49-39(31)32(21-26)38-42(49)46-34-18-10-9-17-33(34)45-38/h2-23H,1H3. The van der Waals surface area contributed by atoms with Gasteiger partial charge in [0.05, 0.1) is 33.1 Å². The molecule has 0 bridgehead atoms. The first-order valence-corrected chi connectivity index (χ1v) is 16.4. The number of rotatable bonds is 3. The van der Waals surface area contributed by atoms with Crippen molar-refractivity contribution in [1.29, 1.82) is 0 Å². The Morgan fingerprint density at radius 3 is 1.92 bits per heavy atom. The van der Waals surface area contributed by atoms with Crippen LogP contribution in [0.5, 0.6) is 0 Å². The van der Waals surface area contributed by atoms with Gasteiger partial charge in [0.15, 0.2) is 17.3 Å². The summed E-state index contributed by atoms with van der Waals surface area (Å²) >= 11 is 0. The topological polar surface area (TPSA) is 73.8 Å². The summed E-state index contributed by atoms with van der Waals surface area (Å²) < 4.78 is 4.67. The number of aromatic nitrogens is 7. The SMILES string of the molecule is Cc1nc(-c2ccccc2)nc(-c2cc3c4cc5c6ccccc6n(-c6ccccc6)c5cc4n4c5nc6ccccc6nc5c(c2)c34)n1. The second kappa shape index (κ2) is 9.65. The molecular formula is C42H25N7. The first kappa shape index (κ1) is 26.4. The van der Waals surface area contributed by atoms with Crippen LogP contribution in [0.15, 0.2) is 133 Å². The maximum atomic E-state index is 5.24. The number of nitrogens with zero attached hydrogens (tertiary/aromatic N) is 7. The number of aryl methyl sites for hydroxylation is 1. The van der Waals surface area contributed by atoms with E-state index in [4.69, 9.17) is 24.9 Å². The minimum Gasteiger partial charge on any atom is -0.309 e. The maximum absolute atomic E-state index is 5.24. The minimum absolute atomic E-state index is 0.634. The molecule has 0 N–H and O–H groups in total. The molecule has 0 saturated heterocycles. The van der Waals surface area contributed by atoms with E-state index in [1.807, 2.05) is 61.5 Å². The van der Waals surface area contributed by atoms with E-state index in [1.54, 1.807) is 0 Å². The molecule has 0 aliphatic rings. The Balaban J connectivity index is 1.30. The van der Waals surface area contributed by atoms with Crippen LogP contribution in [0, 0.1) is 6.92 Å². The van der Waals surface area contributed by atoms with E-state index in [0.717, 1.165) is 71.7 Å². The van der Waals surface area contributed by atoms with Crippen LogP contribution in [0.2, 0.25) is 0 Å². The molecule has 228 valence electrons. The van der Waals surface area contributed by atoms with Crippen LogP contribution in [0.25, 0.3) is 99.7 Å². The van der Waals surface area contributed by atoms with Crippen LogP contribution in [-0.2, 0) is 0 Å². The average Bonchev–Trinajstić information content (AvgIpc) is 3.77. The Hall–Kier alpha value is -6.73. The molecule has 7 nitrogen and oxygen atoms in total. The number of fused-ring (bicyclic) bond motifs is 10. The highest BCUT2D eigenvalue weighted by Gasteiger charge is 2.24. The Morgan fingerprint density at radius 1 is 0.449 bits per heavy atom. The van der Waals surface area contributed by atoms with E-state index in [9.17, 15) is 0 Å². The third kappa shape index (κ3) is 3.69. The summed E-state index contributed by atoms with van der Waals surface area (Å²) in [6.07, 6.45) is 0. The van der Waals surface area contributed by atoms with Crippen molar-refractivity contribution in [2.24, 2.45) is 0 Å². The number of benzene rings is 6. The molecule has 6 aromatic carbocycles. The quantitative estimate of drug-likeness (QED) is 0.195. The van der Waals surface area contributed by atoms with Gasteiger partial charge in [-0.15, -0.1) is 0 Å². The van der Waals surface area contributed by atoms with Crippen molar-refractivity contribution in [2.45, 2.75) is 6.92 Å². The van der Waals surface area contributed by atoms with Crippen LogP contribution >= 0.6 is 0 Å². The smallest absolute Gasteiger partial charge is 0.165 e. The van der Waals surface area contributed by atoms with Gasteiger partial charge in [0, 0.05) is 43.7 Å². The predicted octanol–water partition coefficient (Wildman–Crippen LogP) is 9.70. The van der Waals surface area contributed by atoms with E-state index in [2.05, 4.69) is 87.8 Å². The summed E-state index contributed by atoms with van der Waals surface area (Å²) in [5.74, 6) is 1.96. The van der Waals surface area contributed by atoms with Crippen LogP contribution in [0.3, 0.4) is 0 Å². The van der Waals surface area contributed by atoms with Gasteiger partial charge < -0.3 is 4.57 Å². The summed E-state index contributed by atoms with van der Waals surface area (Å²) in [6.45, 7) is 1.92. The minimum atomic E-state index is 0.634. The Bertz CT molecular complexity index is 3110. The van der Waals surface area contributed by atoms with Gasteiger partial charge in [-0.3, -0.25) is 4.40 Å². The van der Waals surface area contributed by atoms with Crippen LogP contribution < -0.4 is 0 Å². The van der Waals surface area contributed by atoms with Crippen LogP contribution in [0.4, 0.5) is 0 Å². The van der Waals surface area contributed by atoms with Gasteiger partial charge in [0.25, 0.3) is 0 Å². The molecule has 5 aromatic heterocycles. The molecule has 11 aromatic rings. The zero-order valence-corrected chi connectivity index (χ0v) is 26.3. The molecule has 7 heteroatoms. The molecular weight excluding hydrogens is 603 g/mol. The molecule has 0 unspecified atom stereocenters. The van der Waals surface area contributed by atoms with Gasteiger partial charge in [0.2, 0.25) is 0 Å². The lowest BCUT2D eigenvalue weighted by Crippen LogP contribution is -1.99. The van der Waals surface area contributed by atoms with Crippen molar-refractivity contribution in [3.63, 3.8) is 0 Å². The lowest BCUT2D eigenvalue weighted by Gasteiger charge is -2.08. The monoisotopic (exact) mass is 627 g/mol. The lowest BCUT2D eigenvalue weighted by atomic mass is 10.0. The molecule has 0 aliphatic heterocycles. The molecule has 0 amide bonds. The van der Waals surface area contributed by atoms with Gasteiger partial charge >= 0.3 is 0 Å². The zero-order chi connectivity index (χ0) is 32.2. The van der Waals surface area contributed by atoms with Gasteiger partial charge in [0.1, 0.15) is 11.3 Å². The third-order valence-corrected chi connectivity index (χ3v) is 9.73. The molecule has 49 heavy (non-hydrogen) atoms. The Morgan fingerprint density at radius 2 is 1.10 bits per heavy atom. The number of hydrogen-bond acceptors (Lipinski definition) is 5. The first-order valence-electron chi connectivity index (χ1n) is 16.4. The van der Waals surface area contributed by atoms with Gasteiger partial charge in [-0.05, 0) is 61.5 Å². The fourth-order valence-electron chi connectivity index (χ4n) is 7.65. The molecule has 0 spiro atoms.